The van der Waals surface area contributed by atoms with Gasteiger partial charge in [-0.1, -0.05) is 12.1 Å². The highest BCUT2D eigenvalue weighted by atomic mass is 19.4. The van der Waals surface area contributed by atoms with Crippen molar-refractivity contribution in [1.29, 1.82) is 0 Å². The van der Waals surface area contributed by atoms with Crippen LogP contribution in [0.3, 0.4) is 0 Å². The number of nitrogens with zero attached hydrogens (tertiary/aromatic N) is 4. The lowest BCUT2D eigenvalue weighted by molar-refractivity contribution is -0.137. The number of hydrogen-bond acceptors (Lipinski definition) is 4. The Kier molecular flexibility index (Phi) is 5.46. The van der Waals surface area contributed by atoms with E-state index in [1.807, 2.05) is 0 Å². The van der Waals surface area contributed by atoms with Crippen LogP contribution in [0.1, 0.15) is 22.5 Å². The van der Waals surface area contributed by atoms with Crippen molar-refractivity contribution in [3.8, 4) is 33.8 Å². The van der Waals surface area contributed by atoms with Crippen LogP contribution in [0.15, 0.2) is 55.0 Å². The highest BCUT2D eigenvalue weighted by Gasteiger charge is 2.30. The lowest BCUT2D eigenvalue weighted by Gasteiger charge is -2.13. The maximum atomic E-state index is 15.1. The fourth-order valence-corrected chi connectivity index (χ4v) is 3.62. The summed E-state index contributed by atoms with van der Waals surface area (Å²) in [6.07, 6.45) is 0.0353. The maximum Gasteiger partial charge on any atom is 0.416 e. The second-order valence-electron chi connectivity index (χ2n) is 7.41. The zero-order valence-electron chi connectivity index (χ0n) is 17.5. The zero-order valence-corrected chi connectivity index (χ0v) is 17.5. The lowest BCUT2D eigenvalue weighted by atomic mass is 9.99. The van der Waals surface area contributed by atoms with Gasteiger partial charge in [0.25, 0.3) is 0 Å². The Hall–Kier alpha value is -3.68. The summed E-state index contributed by atoms with van der Waals surface area (Å²) in [6.45, 7) is 5.19. The van der Waals surface area contributed by atoms with Gasteiger partial charge in [0, 0.05) is 29.1 Å². The second kappa shape index (κ2) is 8.11. The summed E-state index contributed by atoms with van der Waals surface area (Å²) < 4.78 is 54.3. The van der Waals surface area contributed by atoms with Gasteiger partial charge in [-0.15, -0.1) is 0 Å². The number of rotatable bonds is 3. The minimum absolute atomic E-state index is 0.279. The van der Waals surface area contributed by atoms with Crippen molar-refractivity contribution in [2.24, 2.45) is 0 Å². The van der Waals surface area contributed by atoms with Crippen LogP contribution in [0, 0.1) is 26.6 Å². The van der Waals surface area contributed by atoms with Crippen LogP contribution < -0.4 is 0 Å². The first kappa shape index (κ1) is 21.5. The molecule has 2 aromatic heterocycles. The molecule has 162 valence electrons. The van der Waals surface area contributed by atoms with Crippen molar-refractivity contribution >= 4 is 0 Å². The molecule has 8 heteroatoms. The first-order chi connectivity index (χ1) is 15.1. The van der Waals surface area contributed by atoms with Gasteiger partial charge in [0.15, 0.2) is 0 Å². The maximum absolute atomic E-state index is 15.1. The first-order valence-electron chi connectivity index (χ1n) is 9.75. The third-order valence-corrected chi connectivity index (χ3v) is 5.11. The molecule has 4 nitrogen and oxygen atoms in total. The SMILES string of the molecule is Cc1cc(-c2nccnc2C)cc(F)c1-c1cnc(-c2cccc(C(F)(F)F)c2)c(C)n1. The van der Waals surface area contributed by atoms with Crippen molar-refractivity contribution in [3.05, 3.63) is 83.3 Å². The Labute approximate surface area is 182 Å². The van der Waals surface area contributed by atoms with Gasteiger partial charge < -0.3 is 0 Å². The Morgan fingerprint density at radius 3 is 2.16 bits per heavy atom. The van der Waals surface area contributed by atoms with Gasteiger partial charge in [0.05, 0.1) is 40.2 Å². The van der Waals surface area contributed by atoms with Crippen molar-refractivity contribution in [3.63, 3.8) is 0 Å². The molecule has 0 aliphatic rings. The predicted molar refractivity (Wildman–Crippen MR) is 113 cm³/mol. The van der Waals surface area contributed by atoms with E-state index in [-0.39, 0.29) is 5.56 Å². The molecule has 0 radical (unpaired) electrons. The minimum Gasteiger partial charge on any atom is -0.258 e. The summed E-state index contributed by atoms with van der Waals surface area (Å²) in [6, 6.07) is 8.06. The van der Waals surface area contributed by atoms with E-state index in [0.29, 0.717) is 45.2 Å². The molecule has 0 aliphatic heterocycles. The quantitative estimate of drug-likeness (QED) is 0.350. The van der Waals surface area contributed by atoms with Crippen LogP contribution in [-0.2, 0) is 6.18 Å². The van der Waals surface area contributed by atoms with E-state index in [0.717, 1.165) is 12.1 Å². The van der Waals surface area contributed by atoms with Crippen LogP contribution in [-0.4, -0.2) is 19.9 Å². The first-order valence-corrected chi connectivity index (χ1v) is 9.75. The minimum atomic E-state index is -4.46. The molecule has 4 aromatic rings. The molecule has 2 aromatic carbocycles. The molecule has 0 spiro atoms. The summed E-state index contributed by atoms with van der Waals surface area (Å²) in [7, 11) is 0. The molecule has 4 rings (SSSR count). The molecular weight excluding hydrogens is 420 g/mol. The number of aryl methyl sites for hydroxylation is 3. The summed E-state index contributed by atoms with van der Waals surface area (Å²) in [4.78, 5) is 17.2. The van der Waals surface area contributed by atoms with Crippen molar-refractivity contribution in [2.75, 3.05) is 0 Å². The number of halogens is 4. The second-order valence-corrected chi connectivity index (χ2v) is 7.41. The summed E-state index contributed by atoms with van der Waals surface area (Å²) in [5.74, 6) is -0.495. The molecule has 0 aliphatic carbocycles. The summed E-state index contributed by atoms with van der Waals surface area (Å²) in [5.41, 5.74) is 3.31. The Morgan fingerprint density at radius 2 is 1.50 bits per heavy atom. The number of benzene rings is 2. The van der Waals surface area contributed by atoms with Gasteiger partial charge >= 0.3 is 6.18 Å². The number of aromatic nitrogens is 4. The largest absolute Gasteiger partial charge is 0.416 e. The van der Waals surface area contributed by atoms with E-state index >= 15 is 4.39 Å². The van der Waals surface area contributed by atoms with E-state index < -0.39 is 17.6 Å². The smallest absolute Gasteiger partial charge is 0.258 e. The topological polar surface area (TPSA) is 51.6 Å². The van der Waals surface area contributed by atoms with Gasteiger partial charge in [-0.3, -0.25) is 15.0 Å². The van der Waals surface area contributed by atoms with Gasteiger partial charge in [0.1, 0.15) is 5.82 Å². The van der Waals surface area contributed by atoms with Gasteiger partial charge in [-0.2, -0.15) is 13.2 Å². The fourth-order valence-electron chi connectivity index (χ4n) is 3.62. The predicted octanol–water partition coefficient (Wildman–Crippen LogP) is 6.35. The van der Waals surface area contributed by atoms with Crippen LogP contribution in [0.2, 0.25) is 0 Å². The highest BCUT2D eigenvalue weighted by molar-refractivity contribution is 5.72. The molecule has 0 amide bonds. The van der Waals surface area contributed by atoms with E-state index in [2.05, 4.69) is 19.9 Å². The number of hydrogen-bond donors (Lipinski definition) is 0. The monoisotopic (exact) mass is 438 g/mol. The molecular formula is C24H18F4N4. The third-order valence-electron chi connectivity index (χ3n) is 5.11. The van der Waals surface area contributed by atoms with Crippen LogP contribution in [0.4, 0.5) is 17.6 Å². The molecule has 0 saturated heterocycles. The van der Waals surface area contributed by atoms with Gasteiger partial charge in [-0.05, 0) is 50.6 Å². The average molecular weight is 438 g/mol. The molecule has 0 fully saturated rings. The van der Waals surface area contributed by atoms with E-state index in [9.17, 15) is 13.2 Å². The Balaban J connectivity index is 1.75. The zero-order chi connectivity index (χ0) is 23.0. The van der Waals surface area contributed by atoms with E-state index in [1.54, 1.807) is 39.2 Å². The molecule has 2 heterocycles. The number of alkyl halides is 3. The standard InChI is InChI=1S/C24H18F4N4/c1-13-9-17(22-14(2)29-7-8-30-22)11-19(25)21(13)20-12-31-23(15(3)32-20)16-5-4-6-18(10-16)24(26,27)28/h4-12H,1-3H3. The van der Waals surface area contributed by atoms with Crippen molar-refractivity contribution in [2.45, 2.75) is 26.9 Å². The van der Waals surface area contributed by atoms with Crippen LogP contribution in [0.25, 0.3) is 33.8 Å². The van der Waals surface area contributed by atoms with Gasteiger partial charge in [-0.25, -0.2) is 9.37 Å². The van der Waals surface area contributed by atoms with Crippen molar-refractivity contribution in [1.82, 2.24) is 19.9 Å². The summed E-state index contributed by atoms with van der Waals surface area (Å²) >= 11 is 0. The lowest BCUT2D eigenvalue weighted by Crippen LogP contribution is -2.05. The van der Waals surface area contributed by atoms with E-state index in [4.69, 9.17) is 0 Å². The highest BCUT2D eigenvalue weighted by Crippen LogP contribution is 2.34. The molecule has 0 unspecified atom stereocenters. The molecule has 0 atom stereocenters. The molecule has 32 heavy (non-hydrogen) atoms. The summed E-state index contributed by atoms with van der Waals surface area (Å²) in [5, 5.41) is 0. The Bertz CT molecular complexity index is 1290. The molecule has 0 N–H and O–H groups in total. The van der Waals surface area contributed by atoms with Crippen molar-refractivity contribution < 1.29 is 17.6 Å². The van der Waals surface area contributed by atoms with Crippen LogP contribution >= 0.6 is 0 Å². The molecule has 0 bridgehead atoms. The Morgan fingerprint density at radius 1 is 0.781 bits per heavy atom. The molecule has 0 saturated carbocycles. The van der Waals surface area contributed by atoms with Gasteiger partial charge in [0.2, 0.25) is 0 Å². The van der Waals surface area contributed by atoms with Crippen LogP contribution in [0.5, 0.6) is 0 Å². The third kappa shape index (κ3) is 4.08. The van der Waals surface area contributed by atoms with E-state index in [1.165, 1.54) is 24.4 Å². The fraction of sp³-hybridized carbons (Fsp3) is 0.167. The normalized spacial score (nSPS) is 11.6. The average Bonchev–Trinajstić information content (AvgIpc) is 2.73.